The third-order valence-electron chi connectivity index (χ3n) is 5.54. The number of carbonyl (C=O) groups excluding carboxylic acids is 2. The molecule has 2 aliphatic rings. The van der Waals surface area contributed by atoms with Crippen LogP contribution in [0.25, 0.3) is 0 Å². The lowest BCUT2D eigenvalue weighted by Gasteiger charge is -2.48. The van der Waals surface area contributed by atoms with E-state index in [0.29, 0.717) is 38.3 Å². The number of nitrogens with zero attached hydrogens (tertiary/aromatic N) is 5. The summed E-state index contributed by atoms with van der Waals surface area (Å²) in [5, 5.41) is 3.77. The Morgan fingerprint density at radius 1 is 1.26 bits per heavy atom. The largest absolute Gasteiger partial charge is 0.364 e. The van der Waals surface area contributed by atoms with Crippen molar-refractivity contribution in [3.63, 3.8) is 0 Å². The standard InChI is InChI=1S/C19H23N5O3/c1-14-9-21-15(10-20-14)11-24-13-19(6-3-17(24)25)5-2-7-23(12-19)18(26)16-4-8-27-22-16/h4,8-10H,2-3,5-7,11-13H2,1H3. The Labute approximate surface area is 157 Å². The first-order valence-corrected chi connectivity index (χ1v) is 9.30. The maximum absolute atomic E-state index is 12.7. The number of carbonyl (C=O) groups is 2. The van der Waals surface area contributed by atoms with Crippen LogP contribution in [0.15, 0.2) is 29.2 Å². The molecular formula is C19H23N5O3. The van der Waals surface area contributed by atoms with Gasteiger partial charge in [-0.25, -0.2) is 0 Å². The second-order valence-corrected chi connectivity index (χ2v) is 7.61. The third kappa shape index (κ3) is 3.70. The van der Waals surface area contributed by atoms with Crippen LogP contribution in [-0.2, 0) is 11.3 Å². The molecule has 8 heteroatoms. The molecule has 0 radical (unpaired) electrons. The smallest absolute Gasteiger partial charge is 0.276 e. The molecule has 142 valence electrons. The minimum atomic E-state index is -0.101. The van der Waals surface area contributed by atoms with Gasteiger partial charge in [0.25, 0.3) is 5.91 Å². The van der Waals surface area contributed by atoms with Crippen molar-refractivity contribution in [1.29, 1.82) is 0 Å². The Bertz CT molecular complexity index is 820. The number of aryl methyl sites for hydroxylation is 1. The summed E-state index contributed by atoms with van der Waals surface area (Å²) in [5.41, 5.74) is 1.92. The Morgan fingerprint density at radius 2 is 2.15 bits per heavy atom. The van der Waals surface area contributed by atoms with Crippen LogP contribution in [-0.4, -0.2) is 56.4 Å². The van der Waals surface area contributed by atoms with E-state index in [2.05, 4.69) is 15.1 Å². The van der Waals surface area contributed by atoms with Crippen LogP contribution >= 0.6 is 0 Å². The second kappa shape index (κ2) is 7.09. The summed E-state index contributed by atoms with van der Waals surface area (Å²) >= 11 is 0. The highest BCUT2D eigenvalue weighted by molar-refractivity contribution is 5.92. The van der Waals surface area contributed by atoms with E-state index in [1.165, 1.54) is 6.26 Å². The number of hydrogen-bond acceptors (Lipinski definition) is 6. The van der Waals surface area contributed by atoms with Gasteiger partial charge in [-0.1, -0.05) is 5.16 Å². The van der Waals surface area contributed by atoms with Crippen molar-refractivity contribution in [3.05, 3.63) is 41.8 Å². The molecule has 1 unspecified atom stereocenters. The van der Waals surface area contributed by atoms with Gasteiger partial charge in [-0.05, 0) is 26.2 Å². The normalized spacial score (nSPS) is 23.1. The Morgan fingerprint density at radius 3 is 2.89 bits per heavy atom. The summed E-state index contributed by atoms with van der Waals surface area (Å²) in [6.45, 7) is 4.35. The van der Waals surface area contributed by atoms with Crippen LogP contribution in [0.1, 0.15) is 47.6 Å². The second-order valence-electron chi connectivity index (χ2n) is 7.61. The lowest BCUT2D eigenvalue weighted by molar-refractivity contribution is -0.139. The van der Waals surface area contributed by atoms with Gasteiger partial charge in [-0.15, -0.1) is 0 Å². The molecule has 8 nitrogen and oxygen atoms in total. The SMILES string of the molecule is Cc1cnc(CN2CC3(CCCN(C(=O)c4ccon4)C3)CCC2=O)cn1. The Hall–Kier alpha value is -2.77. The van der Waals surface area contributed by atoms with Crippen molar-refractivity contribution < 1.29 is 14.1 Å². The van der Waals surface area contributed by atoms with Crippen molar-refractivity contribution in [3.8, 4) is 0 Å². The first-order valence-electron chi connectivity index (χ1n) is 9.30. The van der Waals surface area contributed by atoms with E-state index in [0.717, 1.165) is 30.7 Å². The topological polar surface area (TPSA) is 92.4 Å². The zero-order valence-corrected chi connectivity index (χ0v) is 15.4. The van der Waals surface area contributed by atoms with E-state index >= 15 is 0 Å². The summed E-state index contributed by atoms with van der Waals surface area (Å²) in [6, 6.07) is 1.59. The predicted octanol–water partition coefficient (Wildman–Crippen LogP) is 1.82. The molecule has 0 aromatic carbocycles. The molecule has 2 aromatic heterocycles. The van der Waals surface area contributed by atoms with Gasteiger partial charge in [0.2, 0.25) is 5.91 Å². The van der Waals surface area contributed by atoms with Crippen molar-refractivity contribution in [2.45, 2.75) is 39.2 Å². The zero-order chi connectivity index (χ0) is 18.9. The van der Waals surface area contributed by atoms with E-state index in [9.17, 15) is 9.59 Å². The highest BCUT2D eigenvalue weighted by atomic mass is 16.5. The molecule has 4 rings (SSSR count). The molecule has 0 N–H and O–H groups in total. The Kier molecular flexibility index (Phi) is 4.63. The summed E-state index contributed by atoms with van der Waals surface area (Å²) in [7, 11) is 0. The number of likely N-dealkylation sites (tertiary alicyclic amines) is 2. The van der Waals surface area contributed by atoms with Crippen LogP contribution in [0.4, 0.5) is 0 Å². The fourth-order valence-electron chi connectivity index (χ4n) is 4.14. The molecule has 1 spiro atoms. The summed E-state index contributed by atoms with van der Waals surface area (Å²) in [4.78, 5) is 37.5. The number of hydrogen-bond donors (Lipinski definition) is 0. The quantitative estimate of drug-likeness (QED) is 0.819. The van der Waals surface area contributed by atoms with E-state index in [4.69, 9.17) is 4.52 Å². The van der Waals surface area contributed by atoms with Crippen LogP contribution in [0.5, 0.6) is 0 Å². The monoisotopic (exact) mass is 369 g/mol. The summed E-state index contributed by atoms with van der Waals surface area (Å²) < 4.78 is 4.81. The number of aromatic nitrogens is 3. The highest BCUT2D eigenvalue weighted by Crippen LogP contribution is 2.39. The van der Waals surface area contributed by atoms with Gasteiger partial charge in [0.05, 0.1) is 24.1 Å². The molecule has 2 saturated heterocycles. The third-order valence-corrected chi connectivity index (χ3v) is 5.54. The van der Waals surface area contributed by atoms with Crippen LogP contribution in [0.3, 0.4) is 0 Å². The van der Waals surface area contributed by atoms with E-state index < -0.39 is 0 Å². The van der Waals surface area contributed by atoms with Crippen molar-refractivity contribution in [2.75, 3.05) is 19.6 Å². The maximum atomic E-state index is 12.7. The van der Waals surface area contributed by atoms with Gasteiger partial charge in [0, 0.05) is 43.7 Å². The first-order chi connectivity index (χ1) is 13.0. The first kappa shape index (κ1) is 17.6. The predicted molar refractivity (Wildman–Crippen MR) is 95.5 cm³/mol. The average Bonchev–Trinajstić information content (AvgIpc) is 3.21. The van der Waals surface area contributed by atoms with Crippen molar-refractivity contribution in [1.82, 2.24) is 24.9 Å². The van der Waals surface area contributed by atoms with Crippen LogP contribution in [0.2, 0.25) is 0 Å². The molecule has 0 saturated carbocycles. The van der Waals surface area contributed by atoms with Gasteiger partial charge >= 0.3 is 0 Å². The van der Waals surface area contributed by atoms with Gasteiger partial charge < -0.3 is 14.3 Å². The minimum absolute atomic E-state index is 0.0658. The molecule has 4 heterocycles. The van der Waals surface area contributed by atoms with Gasteiger partial charge in [-0.2, -0.15) is 0 Å². The van der Waals surface area contributed by atoms with E-state index in [-0.39, 0.29) is 17.2 Å². The number of rotatable bonds is 3. The molecule has 27 heavy (non-hydrogen) atoms. The lowest BCUT2D eigenvalue weighted by Crippen LogP contribution is -2.54. The molecule has 0 bridgehead atoms. The van der Waals surface area contributed by atoms with Crippen LogP contribution < -0.4 is 0 Å². The lowest BCUT2D eigenvalue weighted by atomic mass is 9.73. The summed E-state index contributed by atoms with van der Waals surface area (Å²) in [5.74, 6) is 0.0404. The molecule has 0 aliphatic carbocycles. The van der Waals surface area contributed by atoms with Crippen molar-refractivity contribution >= 4 is 11.8 Å². The highest BCUT2D eigenvalue weighted by Gasteiger charge is 2.43. The molecule has 2 aromatic rings. The molecular weight excluding hydrogens is 346 g/mol. The molecule has 2 amide bonds. The Balaban J connectivity index is 1.47. The van der Waals surface area contributed by atoms with E-state index in [1.54, 1.807) is 18.5 Å². The molecule has 2 aliphatic heterocycles. The summed E-state index contributed by atoms with van der Waals surface area (Å²) in [6.07, 6.45) is 8.12. The fourth-order valence-corrected chi connectivity index (χ4v) is 4.14. The maximum Gasteiger partial charge on any atom is 0.276 e. The molecule has 1 atom stereocenters. The fraction of sp³-hybridized carbons (Fsp3) is 0.526. The van der Waals surface area contributed by atoms with Gasteiger partial charge in [0.1, 0.15) is 6.26 Å². The number of amides is 2. The van der Waals surface area contributed by atoms with Gasteiger partial charge in [-0.3, -0.25) is 19.6 Å². The number of piperidine rings is 2. The van der Waals surface area contributed by atoms with E-state index in [1.807, 2.05) is 16.7 Å². The molecule has 2 fully saturated rings. The zero-order valence-electron chi connectivity index (χ0n) is 15.4. The average molecular weight is 369 g/mol. The van der Waals surface area contributed by atoms with Gasteiger partial charge in [0.15, 0.2) is 5.69 Å². The van der Waals surface area contributed by atoms with Crippen molar-refractivity contribution in [2.24, 2.45) is 5.41 Å². The minimum Gasteiger partial charge on any atom is -0.364 e. The van der Waals surface area contributed by atoms with Crippen LogP contribution in [0, 0.1) is 12.3 Å².